The molecule has 0 fully saturated rings. The first-order valence-electron chi connectivity index (χ1n) is 6.44. The maximum absolute atomic E-state index is 13.6. The first-order chi connectivity index (χ1) is 9.47. The lowest BCUT2D eigenvalue weighted by molar-refractivity contribution is 0.587. The van der Waals surface area contributed by atoms with E-state index in [-0.39, 0.29) is 5.82 Å². The Labute approximate surface area is 128 Å². The molecule has 0 unspecified atom stereocenters. The van der Waals surface area contributed by atoms with Crippen molar-refractivity contribution >= 4 is 23.2 Å². The third-order valence-electron chi connectivity index (χ3n) is 2.99. The lowest BCUT2D eigenvalue weighted by Gasteiger charge is -2.14. The topological polar surface area (TPSA) is 12.0 Å². The number of rotatable bonds is 4. The highest BCUT2D eigenvalue weighted by Crippen LogP contribution is 2.33. The molecule has 0 heterocycles. The van der Waals surface area contributed by atoms with E-state index in [4.69, 9.17) is 23.2 Å². The minimum Gasteiger partial charge on any atom is -0.310 e. The monoisotopic (exact) mass is 311 g/mol. The Morgan fingerprint density at radius 2 is 1.80 bits per heavy atom. The van der Waals surface area contributed by atoms with Gasteiger partial charge in [-0.05, 0) is 41.5 Å². The van der Waals surface area contributed by atoms with Crippen LogP contribution in [0.15, 0.2) is 36.4 Å². The van der Waals surface area contributed by atoms with E-state index in [1.807, 2.05) is 0 Å². The Morgan fingerprint density at radius 3 is 2.50 bits per heavy atom. The highest BCUT2D eigenvalue weighted by molar-refractivity contribution is 6.35. The van der Waals surface area contributed by atoms with E-state index in [0.29, 0.717) is 22.6 Å². The molecule has 0 saturated heterocycles. The Morgan fingerprint density at radius 1 is 1.05 bits per heavy atom. The molecular formula is C16H16Cl2FN. The first kappa shape index (κ1) is 15.3. The predicted octanol–water partition coefficient (Wildman–Crippen LogP) is 5.30. The van der Waals surface area contributed by atoms with Gasteiger partial charge >= 0.3 is 0 Å². The van der Waals surface area contributed by atoms with Crippen molar-refractivity contribution in [2.75, 3.05) is 0 Å². The van der Waals surface area contributed by atoms with Crippen molar-refractivity contribution in [3.8, 4) is 11.1 Å². The van der Waals surface area contributed by atoms with Crippen LogP contribution in [0.3, 0.4) is 0 Å². The van der Waals surface area contributed by atoms with Crippen molar-refractivity contribution in [3.63, 3.8) is 0 Å². The summed E-state index contributed by atoms with van der Waals surface area (Å²) in [5, 5.41) is 4.47. The molecule has 4 heteroatoms. The van der Waals surface area contributed by atoms with E-state index in [9.17, 15) is 4.39 Å². The van der Waals surface area contributed by atoms with Crippen LogP contribution < -0.4 is 5.32 Å². The molecule has 0 amide bonds. The van der Waals surface area contributed by atoms with E-state index in [2.05, 4.69) is 19.2 Å². The summed E-state index contributed by atoms with van der Waals surface area (Å²) in [5.74, 6) is -0.288. The van der Waals surface area contributed by atoms with E-state index in [1.165, 1.54) is 12.1 Å². The molecule has 0 atom stereocenters. The van der Waals surface area contributed by atoms with Crippen LogP contribution in [0.5, 0.6) is 0 Å². The lowest BCUT2D eigenvalue weighted by atomic mass is 9.99. The standard InChI is InChI=1S/C16H16Cl2FN/c1-10(2)20-9-11-3-5-13(19)8-14(11)15-7-12(17)4-6-16(15)18/h3-8,10,20H,9H2,1-2H3. The van der Waals surface area contributed by atoms with Gasteiger partial charge in [0.2, 0.25) is 0 Å². The largest absolute Gasteiger partial charge is 0.310 e. The lowest BCUT2D eigenvalue weighted by Crippen LogP contribution is -2.22. The van der Waals surface area contributed by atoms with Gasteiger partial charge < -0.3 is 5.32 Å². The summed E-state index contributed by atoms with van der Waals surface area (Å²) in [6.07, 6.45) is 0. The third kappa shape index (κ3) is 3.72. The van der Waals surface area contributed by atoms with Crippen LogP contribution >= 0.6 is 23.2 Å². The maximum Gasteiger partial charge on any atom is 0.123 e. The van der Waals surface area contributed by atoms with Crippen LogP contribution in [-0.2, 0) is 6.54 Å². The third-order valence-corrected chi connectivity index (χ3v) is 3.56. The van der Waals surface area contributed by atoms with Crippen molar-refractivity contribution < 1.29 is 4.39 Å². The average molecular weight is 312 g/mol. The minimum absolute atomic E-state index is 0.288. The van der Waals surface area contributed by atoms with Crippen LogP contribution in [0.4, 0.5) is 4.39 Å². The van der Waals surface area contributed by atoms with Crippen LogP contribution in [0, 0.1) is 5.82 Å². The van der Waals surface area contributed by atoms with Crippen LogP contribution in [-0.4, -0.2) is 6.04 Å². The van der Waals surface area contributed by atoms with Gasteiger partial charge in [0.15, 0.2) is 0 Å². The quantitative estimate of drug-likeness (QED) is 0.808. The molecule has 0 radical (unpaired) electrons. The molecule has 2 aromatic rings. The summed E-state index contributed by atoms with van der Waals surface area (Å²) in [6.45, 7) is 4.78. The molecule has 0 aliphatic heterocycles. The number of hydrogen-bond donors (Lipinski definition) is 1. The maximum atomic E-state index is 13.6. The first-order valence-corrected chi connectivity index (χ1v) is 7.20. The fraction of sp³-hybridized carbons (Fsp3) is 0.250. The fourth-order valence-electron chi connectivity index (χ4n) is 1.97. The summed E-state index contributed by atoms with van der Waals surface area (Å²) in [4.78, 5) is 0. The Hall–Kier alpha value is -1.09. The molecule has 20 heavy (non-hydrogen) atoms. The van der Waals surface area contributed by atoms with Crippen molar-refractivity contribution in [3.05, 3.63) is 57.8 Å². The van der Waals surface area contributed by atoms with Crippen molar-refractivity contribution in [1.82, 2.24) is 5.32 Å². The van der Waals surface area contributed by atoms with E-state index < -0.39 is 0 Å². The van der Waals surface area contributed by atoms with Crippen molar-refractivity contribution in [2.24, 2.45) is 0 Å². The predicted molar refractivity (Wildman–Crippen MR) is 83.8 cm³/mol. The molecule has 0 aliphatic carbocycles. The summed E-state index contributed by atoms with van der Waals surface area (Å²) in [5.41, 5.74) is 2.51. The van der Waals surface area contributed by atoms with Gasteiger partial charge in [-0.1, -0.05) is 43.1 Å². The molecule has 0 spiro atoms. The molecule has 0 aromatic heterocycles. The molecule has 1 N–H and O–H groups in total. The molecule has 106 valence electrons. The number of halogens is 3. The molecule has 0 bridgehead atoms. The zero-order valence-corrected chi connectivity index (χ0v) is 12.9. The number of benzene rings is 2. The van der Waals surface area contributed by atoms with Crippen molar-refractivity contribution in [2.45, 2.75) is 26.4 Å². The number of nitrogens with one attached hydrogen (secondary N) is 1. The summed E-state index contributed by atoms with van der Waals surface area (Å²) >= 11 is 12.2. The summed E-state index contributed by atoms with van der Waals surface area (Å²) in [7, 11) is 0. The van der Waals surface area contributed by atoms with E-state index >= 15 is 0 Å². The second-order valence-electron chi connectivity index (χ2n) is 4.96. The Bertz CT molecular complexity index is 611. The van der Waals surface area contributed by atoms with Crippen molar-refractivity contribution in [1.29, 1.82) is 0 Å². The SMILES string of the molecule is CC(C)NCc1ccc(F)cc1-c1cc(Cl)ccc1Cl. The van der Waals surface area contributed by atoms with Gasteiger partial charge in [0.05, 0.1) is 0 Å². The van der Waals surface area contributed by atoms with Crippen LogP contribution in [0.1, 0.15) is 19.4 Å². The van der Waals surface area contributed by atoms with E-state index in [0.717, 1.165) is 16.7 Å². The highest BCUT2D eigenvalue weighted by Gasteiger charge is 2.11. The Balaban J connectivity index is 2.48. The average Bonchev–Trinajstić information content (AvgIpc) is 2.40. The Kier molecular flexibility index (Phi) is 5.03. The van der Waals surface area contributed by atoms with Gasteiger partial charge in [0, 0.05) is 28.2 Å². The van der Waals surface area contributed by atoms with E-state index in [1.54, 1.807) is 24.3 Å². The molecule has 2 aromatic carbocycles. The normalized spacial score (nSPS) is 11.1. The van der Waals surface area contributed by atoms with Gasteiger partial charge in [-0.15, -0.1) is 0 Å². The zero-order valence-electron chi connectivity index (χ0n) is 11.4. The molecule has 1 nitrogen and oxygen atoms in total. The smallest absolute Gasteiger partial charge is 0.123 e. The van der Waals surface area contributed by atoms with Gasteiger partial charge in [-0.3, -0.25) is 0 Å². The fourth-order valence-corrected chi connectivity index (χ4v) is 2.36. The minimum atomic E-state index is -0.288. The van der Waals surface area contributed by atoms with Gasteiger partial charge in [-0.2, -0.15) is 0 Å². The van der Waals surface area contributed by atoms with Gasteiger partial charge in [-0.25, -0.2) is 4.39 Å². The number of hydrogen-bond acceptors (Lipinski definition) is 1. The molecule has 0 aliphatic rings. The molecule has 2 rings (SSSR count). The summed E-state index contributed by atoms with van der Waals surface area (Å²) in [6, 6.07) is 10.3. The molecule has 0 saturated carbocycles. The second kappa shape index (κ2) is 6.57. The highest BCUT2D eigenvalue weighted by atomic mass is 35.5. The zero-order chi connectivity index (χ0) is 14.7. The van der Waals surface area contributed by atoms with Gasteiger partial charge in [0.25, 0.3) is 0 Å². The second-order valence-corrected chi connectivity index (χ2v) is 5.80. The summed E-state index contributed by atoms with van der Waals surface area (Å²) < 4.78 is 13.6. The van der Waals surface area contributed by atoms with Crippen LogP contribution in [0.25, 0.3) is 11.1 Å². The van der Waals surface area contributed by atoms with Crippen LogP contribution in [0.2, 0.25) is 10.0 Å². The molecular weight excluding hydrogens is 296 g/mol. The van der Waals surface area contributed by atoms with Gasteiger partial charge in [0.1, 0.15) is 5.82 Å².